The maximum Gasteiger partial charge on any atom is 0.226 e. The highest BCUT2D eigenvalue weighted by Gasteiger charge is 2.22. The van der Waals surface area contributed by atoms with Gasteiger partial charge in [-0.1, -0.05) is 0 Å². The maximum absolute atomic E-state index is 12.2. The van der Waals surface area contributed by atoms with Gasteiger partial charge in [0, 0.05) is 17.5 Å². The van der Waals surface area contributed by atoms with Crippen molar-refractivity contribution in [1.29, 1.82) is 0 Å². The van der Waals surface area contributed by atoms with Crippen LogP contribution < -0.4 is 10.6 Å². The largest absolute Gasteiger partial charge is 0.459 e. The summed E-state index contributed by atoms with van der Waals surface area (Å²) in [7, 11) is 0. The number of aromatic nitrogens is 1. The first-order valence-corrected chi connectivity index (χ1v) is 8.54. The second-order valence-electron chi connectivity index (χ2n) is 5.79. The van der Waals surface area contributed by atoms with Gasteiger partial charge in [0.05, 0.1) is 12.1 Å². The number of furan rings is 1. The van der Waals surface area contributed by atoms with Crippen LogP contribution in [0.4, 0.5) is 0 Å². The lowest BCUT2D eigenvalue weighted by atomic mass is 10.00. The fourth-order valence-corrected chi connectivity index (χ4v) is 3.49. The summed E-state index contributed by atoms with van der Waals surface area (Å²) in [5.41, 5.74) is 0.794. The fraction of sp³-hybridized carbons (Fsp3) is 0.500. The Balaban J connectivity index is 0.00000144. The minimum Gasteiger partial charge on any atom is -0.459 e. The number of nitrogens with zero attached hydrogens (tertiary/aromatic N) is 1. The Hall–Kier alpha value is -1.08. The molecule has 1 amide bonds. The molecule has 0 spiro atoms. The van der Waals surface area contributed by atoms with Gasteiger partial charge in [-0.05, 0) is 45.4 Å². The van der Waals surface area contributed by atoms with Gasteiger partial charge >= 0.3 is 0 Å². The fourth-order valence-electron chi connectivity index (χ4n) is 2.71. The third-order valence-electron chi connectivity index (χ3n) is 3.95. The first-order chi connectivity index (χ1) is 10.6. The van der Waals surface area contributed by atoms with E-state index < -0.39 is 0 Å². The van der Waals surface area contributed by atoms with E-state index in [0.717, 1.165) is 41.6 Å². The number of nitrogens with one attached hydrogen (secondary N) is 2. The molecule has 3 heterocycles. The SMILES string of the molecule is Cc1ccc(-c2nc(CC(=O)NC3CCCNC3C)cs2)o1.Cl.Cl. The molecule has 5 nitrogen and oxygen atoms in total. The molecule has 0 aliphatic carbocycles. The molecule has 2 aromatic rings. The van der Waals surface area contributed by atoms with Crippen molar-refractivity contribution in [3.05, 3.63) is 29.0 Å². The molecular formula is C16H23Cl2N3O2S. The number of aryl methyl sites for hydroxylation is 1. The molecule has 2 aromatic heterocycles. The smallest absolute Gasteiger partial charge is 0.226 e. The molecule has 0 radical (unpaired) electrons. The van der Waals surface area contributed by atoms with Gasteiger partial charge in [0.1, 0.15) is 5.76 Å². The second-order valence-corrected chi connectivity index (χ2v) is 6.65. The molecule has 2 atom stereocenters. The average Bonchev–Trinajstić information content (AvgIpc) is 3.10. The van der Waals surface area contributed by atoms with Crippen LogP contribution in [0.15, 0.2) is 21.9 Å². The van der Waals surface area contributed by atoms with Gasteiger partial charge in [-0.25, -0.2) is 4.98 Å². The summed E-state index contributed by atoms with van der Waals surface area (Å²) in [4.78, 5) is 16.7. The van der Waals surface area contributed by atoms with E-state index in [2.05, 4.69) is 22.5 Å². The number of piperidine rings is 1. The van der Waals surface area contributed by atoms with Crippen LogP contribution in [-0.2, 0) is 11.2 Å². The van der Waals surface area contributed by atoms with Crippen molar-refractivity contribution in [2.45, 2.75) is 45.2 Å². The van der Waals surface area contributed by atoms with Crippen LogP contribution in [0.1, 0.15) is 31.2 Å². The number of amides is 1. The van der Waals surface area contributed by atoms with Crippen molar-refractivity contribution >= 4 is 42.1 Å². The first kappa shape index (κ1) is 21.0. The Morgan fingerprint density at radius 2 is 2.25 bits per heavy atom. The summed E-state index contributed by atoms with van der Waals surface area (Å²) in [6.45, 7) is 5.06. The van der Waals surface area contributed by atoms with E-state index in [1.54, 1.807) is 0 Å². The lowest BCUT2D eigenvalue weighted by molar-refractivity contribution is -0.121. The van der Waals surface area contributed by atoms with Crippen LogP contribution in [0, 0.1) is 6.92 Å². The highest BCUT2D eigenvalue weighted by molar-refractivity contribution is 7.13. The van der Waals surface area contributed by atoms with Gasteiger partial charge in [-0.2, -0.15) is 0 Å². The Morgan fingerprint density at radius 3 is 2.92 bits per heavy atom. The molecule has 24 heavy (non-hydrogen) atoms. The molecule has 1 aliphatic heterocycles. The zero-order valence-corrected chi connectivity index (χ0v) is 16.2. The second kappa shape index (κ2) is 9.42. The maximum atomic E-state index is 12.2. The van der Waals surface area contributed by atoms with Crippen molar-refractivity contribution in [1.82, 2.24) is 15.6 Å². The van der Waals surface area contributed by atoms with Crippen molar-refractivity contribution in [2.24, 2.45) is 0 Å². The van der Waals surface area contributed by atoms with Crippen LogP contribution >= 0.6 is 36.2 Å². The molecule has 134 valence electrons. The van der Waals surface area contributed by atoms with E-state index in [9.17, 15) is 4.79 Å². The summed E-state index contributed by atoms with van der Waals surface area (Å²) < 4.78 is 5.56. The zero-order valence-electron chi connectivity index (χ0n) is 13.7. The quantitative estimate of drug-likeness (QED) is 0.838. The first-order valence-electron chi connectivity index (χ1n) is 7.66. The van der Waals surface area contributed by atoms with Crippen LogP contribution in [0.25, 0.3) is 10.8 Å². The Kier molecular flexibility index (Phi) is 8.22. The molecule has 3 rings (SSSR count). The summed E-state index contributed by atoms with van der Waals surface area (Å²) in [5.74, 6) is 1.66. The highest BCUT2D eigenvalue weighted by Crippen LogP contribution is 2.25. The van der Waals surface area contributed by atoms with E-state index in [4.69, 9.17) is 4.42 Å². The van der Waals surface area contributed by atoms with Crippen LogP contribution in [0.5, 0.6) is 0 Å². The third-order valence-corrected chi connectivity index (χ3v) is 4.86. The summed E-state index contributed by atoms with van der Waals surface area (Å²) in [6.07, 6.45) is 2.46. The Labute approximate surface area is 158 Å². The van der Waals surface area contributed by atoms with E-state index in [0.29, 0.717) is 12.5 Å². The van der Waals surface area contributed by atoms with Gasteiger partial charge < -0.3 is 15.1 Å². The predicted octanol–water partition coefficient (Wildman–Crippen LogP) is 3.35. The number of carbonyl (C=O) groups excluding carboxylic acids is 1. The van der Waals surface area contributed by atoms with Crippen LogP contribution in [0.3, 0.4) is 0 Å². The van der Waals surface area contributed by atoms with E-state index in [-0.39, 0.29) is 36.8 Å². The minimum absolute atomic E-state index is 0. The molecule has 0 aromatic carbocycles. The molecule has 2 N–H and O–H groups in total. The minimum atomic E-state index is 0. The molecule has 2 unspecified atom stereocenters. The highest BCUT2D eigenvalue weighted by atomic mass is 35.5. The van der Waals surface area contributed by atoms with Crippen molar-refractivity contribution in [3.8, 4) is 10.8 Å². The number of thiazole rings is 1. The van der Waals surface area contributed by atoms with E-state index >= 15 is 0 Å². The molecule has 0 saturated carbocycles. The Morgan fingerprint density at radius 1 is 1.46 bits per heavy atom. The van der Waals surface area contributed by atoms with Gasteiger partial charge in [-0.3, -0.25) is 4.79 Å². The normalized spacial score (nSPS) is 19.9. The summed E-state index contributed by atoms with van der Waals surface area (Å²) in [6, 6.07) is 4.37. The van der Waals surface area contributed by atoms with Crippen LogP contribution in [-0.4, -0.2) is 29.5 Å². The summed E-state index contributed by atoms with van der Waals surface area (Å²) in [5, 5.41) is 9.25. The van der Waals surface area contributed by atoms with Crippen molar-refractivity contribution in [2.75, 3.05) is 6.54 Å². The number of carbonyl (C=O) groups is 1. The lowest BCUT2D eigenvalue weighted by Gasteiger charge is -2.30. The van der Waals surface area contributed by atoms with Crippen molar-refractivity contribution < 1.29 is 9.21 Å². The number of rotatable bonds is 4. The zero-order chi connectivity index (χ0) is 15.5. The third kappa shape index (κ3) is 5.21. The van der Waals surface area contributed by atoms with Gasteiger partial charge in [0.15, 0.2) is 10.8 Å². The van der Waals surface area contributed by atoms with Gasteiger partial charge in [0.25, 0.3) is 0 Å². The molecular weight excluding hydrogens is 369 g/mol. The van der Waals surface area contributed by atoms with Gasteiger partial charge in [-0.15, -0.1) is 36.2 Å². The number of halogens is 2. The topological polar surface area (TPSA) is 67.2 Å². The summed E-state index contributed by atoms with van der Waals surface area (Å²) >= 11 is 1.51. The molecule has 1 aliphatic rings. The van der Waals surface area contributed by atoms with Gasteiger partial charge in [0.2, 0.25) is 5.91 Å². The molecule has 1 saturated heterocycles. The average molecular weight is 392 g/mol. The van der Waals surface area contributed by atoms with E-state index in [1.165, 1.54) is 11.3 Å². The molecule has 8 heteroatoms. The standard InChI is InChI=1S/C16H21N3O2S.2ClH/c1-10-5-6-14(21-10)16-18-12(9-22-16)8-15(20)19-13-4-3-7-17-11(13)2;;/h5-6,9,11,13,17H,3-4,7-8H2,1-2H3,(H,19,20);2*1H. The monoisotopic (exact) mass is 391 g/mol. The number of hydrogen-bond acceptors (Lipinski definition) is 5. The predicted molar refractivity (Wildman–Crippen MR) is 101 cm³/mol. The molecule has 0 bridgehead atoms. The molecule has 1 fully saturated rings. The lowest BCUT2D eigenvalue weighted by Crippen LogP contribution is -2.52. The van der Waals surface area contributed by atoms with E-state index in [1.807, 2.05) is 24.4 Å². The Bertz CT molecular complexity index is 659. The van der Waals surface area contributed by atoms with Crippen molar-refractivity contribution in [3.63, 3.8) is 0 Å². The number of hydrogen-bond donors (Lipinski definition) is 2. The van der Waals surface area contributed by atoms with Crippen LogP contribution in [0.2, 0.25) is 0 Å².